The van der Waals surface area contributed by atoms with Gasteiger partial charge in [0.25, 0.3) is 0 Å². The molecule has 0 fully saturated rings. The first kappa shape index (κ1) is 8.75. The van der Waals surface area contributed by atoms with Gasteiger partial charge in [0.05, 0.1) is 5.69 Å². The first-order valence-corrected chi connectivity index (χ1v) is 4.98. The lowest BCUT2D eigenvalue weighted by Crippen LogP contribution is -2.13. The number of nitrogens with zero attached hydrogens (tertiary/aromatic N) is 1. The maximum absolute atomic E-state index is 5.58. The fourth-order valence-corrected chi connectivity index (χ4v) is 2.27. The number of aryl methyl sites for hydroxylation is 2. The van der Waals surface area contributed by atoms with Crippen molar-refractivity contribution in [2.75, 3.05) is 6.54 Å². The quantitative estimate of drug-likeness (QED) is 0.754. The Bertz CT molecular complexity index is 293. The third-order valence-corrected chi connectivity index (χ3v) is 2.86. The molecule has 1 atom stereocenters. The highest BCUT2D eigenvalue weighted by Gasteiger charge is 2.25. The number of hydrogen-bond donors (Lipinski definition) is 1. The third kappa shape index (κ3) is 1.48. The molecule has 0 aromatic carbocycles. The Morgan fingerprint density at radius 3 is 3.23 bits per heavy atom. The summed E-state index contributed by atoms with van der Waals surface area (Å²) in [6.07, 6.45) is 4.57. The van der Waals surface area contributed by atoms with Crippen molar-refractivity contribution in [1.82, 2.24) is 5.16 Å². The van der Waals surface area contributed by atoms with Crippen LogP contribution < -0.4 is 5.73 Å². The van der Waals surface area contributed by atoms with Crippen LogP contribution in [0, 0.1) is 6.92 Å². The summed E-state index contributed by atoms with van der Waals surface area (Å²) in [5, 5.41) is 4.01. The number of aromatic nitrogens is 1. The molecule has 1 aromatic heterocycles. The molecule has 0 aliphatic heterocycles. The minimum atomic E-state index is 0.597. The Labute approximate surface area is 78.3 Å². The van der Waals surface area contributed by atoms with Gasteiger partial charge in [0.1, 0.15) is 5.76 Å². The first-order chi connectivity index (χ1) is 6.33. The fourth-order valence-electron chi connectivity index (χ4n) is 2.27. The van der Waals surface area contributed by atoms with E-state index in [-0.39, 0.29) is 0 Å². The van der Waals surface area contributed by atoms with E-state index in [0.717, 1.165) is 30.8 Å². The molecule has 1 heterocycles. The Kier molecular flexibility index (Phi) is 2.36. The third-order valence-electron chi connectivity index (χ3n) is 2.86. The first-order valence-electron chi connectivity index (χ1n) is 4.98. The van der Waals surface area contributed by atoms with Gasteiger partial charge in [-0.25, -0.2) is 0 Å². The molecule has 13 heavy (non-hydrogen) atoms. The van der Waals surface area contributed by atoms with Gasteiger partial charge in [0.2, 0.25) is 0 Å². The van der Waals surface area contributed by atoms with E-state index in [1.807, 2.05) is 6.92 Å². The van der Waals surface area contributed by atoms with Gasteiger partial charge in [-0.3, -0.25) is 0 Å². The molecule has 1 unspecified atom stereocenters. The van der Waals surface area contributed by atoms with Crippen molar-refractivity contribution in [3.05, 3.63) is 17.0 Å². The lowest BCUT2D eigenvalue weighted by atomic mass is 9.84. The molecule has 0 radical (unpaired) electrons. The Morgan fingerprint density at radius 1 is 1.62 bits per heavy atom. The molecule has 0 saturated heterocycles. The predicted molar refractivity (Wildman–Crippen MR) is 50.6 cm³/mol. The highest BCUT2D eigenvalue weighted by molar-refractivity contribution is 5.28. The highest BCUT2D eigenvalue weighted by atomic mass is 16.5. The van der Waals surface area contributed by atoms with Crippen LogP contribution >= 0.6 is 0 Å². The summed E-state index contributed by atoms with van der Waals surface area (Å²) in [5.74, 6) is 1.70. The normalized spacial score (nSPS) is 21.5. The predicted octanol–water partition coefficient (Wildman–Crippen LogP) is 1.75. The second-order valence-electron chi connectivity index (χ2n) is 3.77. The molecule has 0 saturated carbocycles. The van der Waals surface area contributed by atoms with E-state index in [0.29, 0.717) is 5.92 Å². The Morgan fingerprint density at radius 2 is 2.46 bits per heavy atom. The van der Waals surface area contributed by atoms with Crippen LogP contribution in [0.1, 0.15) is 42.2 Å². The molecule has 1 aliphatic carbocycles. The van der Waals surface area contributed by atoms with Gasteiger partial charge < -0.3 is 10.3 Å². The van der Waals surface area contributed by atoms with Crippen LogP contribution in [0.2, 0.25) is 0 Å². The minimum absolute atomic E-state index is 0.597. The molecule has 1 aliphatic rings. The van der Waals surface area contributed by atoms with E-state index in [4.69, 9.17) is 10.3 Å². The van der Waals surface area contributed by atoms with Crippen molar-refractivity contribution >= 4 is 0 Å². The van der Waals surface area contributed by atoms with Gasteiger partial charge in [0, 0.05) is 12.0 Å². The monoisotopic (exact) mass is 180 g/mol. The van der Waals surface area contributed by atoms with Crippen molar-refractivity contribution < 1.29 is 4.52 Å². The van der Waals surface area contributed by atoms with E-state index in [1.165, 1.54) is 18.4 Å². The molecular weight excluding hydrogens is 164 g/mol. The summed E-state index contributed by atoms with van der Waals surface area (Å²) in [6, 6.07) is 0. The van der Waals surface area contributed by atoms with Crippen molar-refractivity contribution in [1.29, 1.82) is 0 Å². The molecule has 72 valence electrons. The summed E-state index contributed by atoms with van der Waals surface area (Å²) < 4.78 is 5.27. The van der Waals surface area contributed by atoms with Gasteiger partial charge in [-0.15, -0.1) is 0 Å². The average molecular weight is 180 g/mol. The zero-order valence-electron chi connectivity index (χ0n) is 8.05. The smallest absolute Gasteiger partial charge is 0.140 e. The molecule has 2 N–H and O–H groups in total. The van der Waals surface area contributed by atoms with Crippen LogP contribution in [-0.4, -0.2) is 11.7 Å². The molecule has 0 amide bonds. The second-order valence-corrected chi connectivity index (χ2v) is 3.77. The minimum Gasteiger partial charge on any atom is -0.361 e. The van der Waals surface area contributed by atoms with E-state index in [1.54, 1.807) is 0 Å². The fraction of sp³-hybridized carbons (Fsp3) is 0.700. The summed E-state index contributed by atoms with van der Waals surface area (Å²) in [5.41, 5.74) is 7.99. The molecule has 0 spiro atoms. The Balaban J connectivity index is 2.29. The van der Waals surface area contributed by atoms with Crippen LogP contribution in [-0.2, 0) is 6.42 Å². The van der Waals surface area contributed by atoms with E-state index in [9.17, 15) is 0 Å². The van der Waals surface area contributed by atoms with E-state index < -0.39 is 0 Å². The topological polar surface area (TPSA) is 52.0 Å². The van der Waals surface area contributed by atoms with Gasteiger partial charge in [-0.2, -0.15) is 0 Å². The summed E-state index contributed by atoms with van der Waals surface area (Å²) >= 11 is 0. The summed E-state index contributed by atoms with van der Waals surface area (Å²) in [6.45, 7) is 2.78. The second kappa shape index (κ2) is 3.50. The van der Waals surface area contributed by atoms with Crippen molar-refractivity contribution in [3.8, 4) is 0 Å². The van der Waals surface area contributed by atoms with Gasteiger partial charge in [-0.1, -0.05) is 5.16 Å². The van der Waals surface area contributed by atoms with Gasteiger partial charge in [-0.05, 0) is 38.6 Å². The summed E-state index contributed by atoms with van der Waals surface area (Å²) in [4.78, 5) is 0. The van der Waals surface area contributed by atoms with Crippen LogP contribution in [0.5, 0.6) is 0 Å². The lowest BCUT2D eigenvalue weighted by molar-refractivity contribution is 0.361. The number of nitrogens with two attached hydrogens (primary N) is 1. The number of fused-ring (bicyclic) bond motifs is 1. The number of rotatable bonds is 2. The zero-order valence-corrected chi connectivity index (χ0v) is 8.05. The van der Waals surface area contributed by atoms with Crippen LogP contribution in [0.15, 0.2) is 4.52 Å². The van der Waals surface area contributed by atoms with Crippen LogP contribution in [0.4, 0.5) is 0 Å². The highest BCUT2D eigenvalue weighted by Crippen LogP contribution is 2.35. The molecule has 2 rings (SSSR count). The standard InChI is InChI=1S/C10H16N2O/c1-7-10-8(5-6-11)3-2-4-9(10)13-12-7/h8H,2-6,11H2,1H3. The van der Waals surface area contributed by atoms with Gasteiger partial charge >= 0.3 is 0 Å². The SMILES string of the molecule is Cc1noc2c1C(CCN)CCC2. The van der Waals surface area contributed by atoms with E-state index >= 15 is 0 Å². The molecule has 3 heteroatoms. The molecule has 0 bridgehead atoms. The Hall–Kier alpha value is -0.830. The zero-order chi connectivity index (χ0) is 9.26. The van der Waals surface area contributed by atoms with Crippen LogP contribution in [0.3, 0.4) is 0 Å². The van der Waals surface area contributed by atoms with Crippen LogP contribution in [0.25, 0.3) is 0 Å². The van der Waals surface area contributed by atoms with Crippen molar-refractivity contribution in [3.63, 3.8) is 0 Å². The largest absolute Gasteiger partial charge is 0.361 e. The lowest BCUT2D eigenvalue weighted by Gasteiger charge is -2.20. The maximum atomic E-state index is 5.58. The van der Waals surface area contributed by atoms with Crippen molar-refractivity contribution in [2.24, 2.45) is 5.73 Å². The average Bonchev–Trinajstić information content (AvgIpc) is 2.50. The molecule has 1 aromatic rings. The molecular formula is C10H16N2O. The van der Waals surface area contributed by atoms with Gasteiger partial charge in [0.15, 0.2) is 0 Å². The maximum Gasteiger partial charge on any atom is 0.140 e. The van der Waals surface area contributed by atoms with E-state index in [2.05, 4.69) is 5.16 Å². The molecule has 3 nitrogen and oxygen atoms in total. The van der Waals surface area contributed by atoms with Crippen molar-refractivity contribution in [2.45, 2.75) is 38.5 Å². The number of hydrogen-bond acceptors (Lipinski definition) is 3. The summed E-state index contributed by atoms with van der Waals surface area (Å²) in [7, 11) is 0.